The van der Waals surface area contributed by atoms with Crippen LogP contribution in [0.2, 0.25) is 0 Å². The van der Waals surface area contributed by atoms with E-state index in [2.05, 4.69) is 0 Å². The number of methoxy groups -OCH3 is 1. The Hall–Kier alpha value is -1.77. The zero-order chi connectivity index (χ0) is 11.7. The molecule has 0 spiro atoms. The van der Waals surface area contributed by atoms with Crippen LogP contribution < -0.4 is 10.5 Å². The second kappa shape index (κ2) is 7.62. The van der Waals surface area contributed by atoms with Crippen molar-refractivity contribution in [2.24, 2.45) is 5.73 Å². The molecule has 1 aromatic rings. The van der Waals surface area contributed by atoms with Crippen molar-refractivity contribution in [1.29, 1.82) is 0 Å². The molecule has 15 heavy (non-hydrogen) atoms. The van der Waals surface area contributed by atoms with Crippen LogP contribution in [0.3, 0.4) is 0 Å². The lowest BCUT2D eigenvalue weighted by molar-refractivity contribution is -0.113. The zero-order valence-corrected chi connectivity index (χ0v) is 9.36. The summed E-state index contributed by atoms with van der Waals surface area (Å²) in [7, 11) is 1.61. The molecule has 0 radical (unpaired) electrons. The van der Waals surface area contributed by atoms with Gasteiger partial charge in [-0.3, -0.25) is 4.79 Å². The summed E-state index contributed by atoms with van der Waals surface area (Å²) in [6.07, 6.45) is 2.98. The van der Waals surface area contributed by atoms with Gasteiger partial charge in [0.05, 0.1) is 7.11 Å². The summed E-state index contributed by atoms with van der Waals surface area (Å²) in [6.45, 7) is 4.00. The lowest BCUT2D eigenvalue weighted by Crippen LogP contribution is -2.04. The quantitative estimate of drug-likeness (QED) is 0.773. The number of benzene rings is 1. The summed E-state index contributed by atoms with van der Waals surface area (Å²) >= 11 is 0. The average Bonchev–Trinajstić information content (AvgIpc) is 2.30. The summed E-state index contributed by atoms with van der Waals surface area (Å²) in [5.41, 5.74) is 5.86. The SMILES string of the molecule is CC.COc1ccc(/C=C/C(N)=O)cc1. The van der Waals surface area contributed by atoms with E-state index < -0.39 is 5.91 Å². The molecule has 0 aromatic heterocycles. The lowest BCUT2D eigenvalue weighted by atomic mass is 10.2. The van der Waals surface area contributed by atoms with Gasteiger partial charge >= 0.3 is 0 Å². The summed E-state index contributed by atoms with van der Waals surface area (Å²) in [4.78, 5) is 10.4. The molecule has 0 fully saturated rings. The third kappa shape index (κ3) is 5.52. The Labute approximate surface area is 90.6 Å². The number of carbonyl (C=O) groups is 1. The molecule has 1 amide bonds. The highest BCUT2D eigenvalue weighted by Gasteiger charge is 1.90. The molecule has 0 saturated carbocycles. The molecular formula is C12H17NO2. The van der Waals surface area contributed by atoms with Gasteiger partial charge < -0.3 is 10.5 Å². The predicted octanol–water partition coefficient (Wildman–Crippen LogP) is 2.22. The van der Waals surface area contributed by atoms with Gasteiger partial charge in [-0.15, -0.1) is 0 Å². The third-order valence-electron chi connectivity index (χ3n) is 1.56. The fraction of sp³-hybridized carbons (Fsp3) is 0.250. The van der Waals surface area contributed by atoms with E-state index in [9.17, 15) is 4.79 Å². The Bertz CT molecular complexity index is 315. The number of hydrogen-bond donors (Lipinski definition) is 1. The summed E-state index contributed by atoms with van der Waals surface area (Å²) < 4.78 is 4.98. The summed E-state index contributed by atoms with van der Waals surface area (Å²) in [5.74, 6) is 0.340. The molecule has 0 aliphatic heterocycles. The normalized spacial score (nSPS) is 9.27. The number of carbonyl (C=O) groups excluding carboxylic acids is 1. The van der Waals surface area contributed by atoms with Crippen LogP contribution in [-0.4, -0.2) is 13.0 Å². The molecule has 3 heteroatoms. The van der Waals surface area contributed by atoms with Crippen molar-refractivity contribution in [3.05, 3.63) is 35.9 Å². The minimum Gasteiger partial charge on any atom is -0.497 e. The third-order valence-corrected chi connectivity index (χ3v) is 1.56. The molecule has 0 atom stereocenters. The molecule has 0 unspecified atom stereocenters. The molecule has 2 N–H and O–H groups in total. The van der Waals surface area contributed by atoms with Crippen molar-refractivity contribution < 1.29 is 9.53 Å². The molecule has 1 rings (SSSR count). The van der Waals surface area contributed by atoms with Gasteiger partial charge in [0.2, 0.25) is 5.91 Å². The maximum absolute atomic E-state index is 10.4. The van der Waals surface area contributed by atoms with Gasteiger partial charge in [-0.1, -0.05) is 26.0 Å². The van der Waals surface area contributed by atoms with Crippen molar-refractivity contribution in [1.82, 2.24) is 0 Å². The number of amides is 1. The van der Waals surface area contributed by atoms with Crippen molar-refractivity contribution in [3.63, 3.8) is 0 Å². The second-order valence-electron chi connectivity index (χ2n) is 2.51. The fourth-order valence-electron chi connectivity index (χ4n) is 0.893. The Morgan fingerprint density at radius 2 is 1.80 bits per heavy atom. The number of ether oxygens (including phenoxy) is 1. The topological polar surface area (TPSA) is 52.3 Å². The van der Waals surface area contributed by atoms with E-state index in [0.29, 0.717) is 0 Å². The molecule has 0 aliphatic carbocycles. The van der Waals surface area contributed by atoms with Crippen LogP contribution in [0.4, 0.5) is 0 Å². The van der Waals surface area contributed by atoms with Gasteiger partial charge in [-0.2, -0.15) is 0 Å². The van der Waals surface area contributed by atoms with Gasteiger partial charge in [0.15, 0.2) is 0 Å². The first-order valence-corrected chi connectivity index (χ1v) is 4.84. The summed E-state index contributed by atoms with van der Waals surface area (Å²) in [6, 6.07) is 7.33. The summed E-state index contributed by atoms with van der Waals surface area (Å²) in [5, 5.41) is 0. The van der Waals surface area contributed by atoms with E-state index in [0.717, 1.165) is 11.3 Å². The van der Waals surface area contributed by atoms with Crippen molar-refractivity contribution in [2.45, 2.75) is 13.8 Å². The van der Waals surface area contributed by atoms with Crippen LogP contribution in [0, 0.1) is 0 Å². The number of primary amides is 1. The van der Waals surface area contributed by atoms with E-state index in [1.807, 2.05) is 38.1 Å². The highest BCUT2D eigenvalue weighted by molar-refractivity contribution is 5.90. The van der Waals surface area contributed by atoms with Gasteiger partial charge in [-0.05, 0) is 23.8 Å². The van der Waals surface area contributed by atoms with E-state index in [1.54, 1.807) is 13.2 Å². The monoisotopic (exact) mass is 207 g/mol. The number of rotatable bonds is 3. The maximum Gasteiger partial charge on any atom is 0.241 e. The van der Waals surface area contributed by atoms with Gasteiger partial charge in [-0.25, -0.2) is 0 Å². The minimum atomic E-state index is -0.448. The molecule has 0 aliphatic rings. The smallest absolute Gasteiger partial charge is 0.241 e. The highest BCUT2D eigenvalue weighted by atomic mass is 16.5. The Morgan fingerprint density at radius 1 is 1.27 bits per heavy atom. The van der Waals surface area contributed by atoms with Crippen molar-refractivity contribution >= 4 is 12.0 Å². The first kappa shape index (κ1) is 13.2. The van der Waals surface area contributed by atoms with Crippen molar-refractivity contribution in [3.8, 4) is 5.75 Å². The largest absolute Gasteiger partial charge is 0.497 e. The number of hydrogen-bond acceptors (Lipinski definition) is 2. The van der Waals surface area contributed by atoms with Gasteiger partial charge in [0.1, 0.15) is 5.75 Å². The van der Waals surface area contributed by atoms with E-state index in [1.165, 1.54) is 6.08 Å². The molecule has 82 valence electrons. The van der Waals surface area contributed by atoms with Crippen LogP contribution >= 0.6 is 0 Å². The van der Waals surface area contributed by atoms with Crippen LogP contribution in [0.25, 0.3) is 6.08 Å². The maximum atomic E-state index is 10.4. The van der Waals surface area contributed by atoms with Gasteiger partial charge in [0.25, 0.3) is 0 Å². The Balaban J connectivity index is 0.000000921. The van der Waals surface area contributed by atoms with E-state index in [4.69, 9.17) is 10.5 Å². The Morgan fingerprint density at radius 3 is 2.20 bits per heavy atom. The minimum absolute atomic E-state index is 0.448. The van der Waals surface area contributed by atoms with Crippen LogP contribution in [-0.2, 0) is 4.79 Å². The fourth-order valence-corrected chi connectivity index (χ4v) is 0.893. The lowest BCUT2D eigenvalue weighted by Gasteiger charge is -1.98. The molecule has 0 saturated heterocycles. The van der Waals surface area contributed by atoms with Crippen molar-refractivity contribution in [2.75, 3.05) is 7.11 Å². The first-order chi connectivity index (χ1) is 7.22. The van der Waals surface area contributed by atoms with Gasteiger partial charge in [0, 0.05) is 6.08 Å². The standard InChI is InChI=1S/C10H11NO2.C2H6/c1-13-9-5-2-8(3-6-9)4-7-10(11)12;1-2/h2-7H,1H3,(H2,11,12);1-2H3/b7-4+;. The number of nitrogens with two attached hydrogens (primary N) is 1. The van der Waals surface area contributed by atoms with Crippen LogP contribution in [0.15, 0.2) is 30.3 Å². The molecular weight excluding hydrogens is 190 g/mol. The Kier molecular flexibility index (Phi) is 6.72. The molecule has 0 heterocycles. The molecule has 3 nitrogen and oxygen atoms in total. The zero-order valence-electron chi connectivity index (χ0n) is 9.36. The molecule has 0 bridgehead atoms. The average molecular weight is 207 g/mol. The second-order valence-corrected chi connectivity index (χ2v) is 2.51. The van der Waals surface area contributed by atoms with Crippen LogP contribution in [0.1, 0.15) is 19.4 Å². The van der Waals surface area contributed by atoms with E-state index in [-0.39, 0.29) is 0 Å². The highest BCUT2D eigenvalue weighted by Crippen LogP contribution is 2.11. The van der Waals surface area contributed by atoms with E-state index >= 15 is 0 Å². The molecule has 1 aromatic carbocycles. The predicted molar refractivity (Wildman–Crippen MR) is 62.6 cm³/mol. The first-order valence-electron chi connectivity index (χ1n) is 4.84. The van der Waals surface area contributed by atoms with Crippen LogP contribution in [0.5, 0.6) is 5.75 Å².